The quantitative estimate of drug-likeness (QED) is 0.603. The molecular weight excluding hydrogens is 206 g/mol. The molecule has 2 amide bonds. The maximum absolute atomic E-state index is 11.8. The van der Waals surface area contributed by atoms with Gasteiger partial charge in [-0.3, -0.25) is 9.59 Å². The molecule has 1 atom stereocenters. The number of likely N-dealkylation sites (N-methyl/N-ethyl adjacent to an activating group) is 2. The third-order valence-corrected chi connectivity index (χ3v) is 2.53. The molecule has 0 saturated heterocycles. The summed E-state index contributed by atoms with van der Waals surface area (Å²) < 4.78 is 0. The van der Waals surface area contributed by atoms with Crippen molar-refractivity contribution in [1.29, 1.82) is 0 Å². The Balaban J connectivity index is 4.25. The van der Waals surface area contributed by atoms with Gasteiger partial charge in [0.1, 0.15) is 6.04 Å². The van der Waals surface area contributed by atoms with E-state index in [9.17, 15) is 9.59 Å². The molecule has 0 aliphatic heterocycles. The first kappa shape index (κ1) is 14.9. The lowest BCUT2D eigenvalue weighted by molar-refractivity contribution is -0.138. The third-order valence-electron chi connectivity index (χ3n) is 2.53. The fraction of sp³-hybridized carbons (Fsp3) is 0.818. The average molecular weight is 229 g/mol. The summed E-state index contributed by atoms with van der Waals surface area (Å²) in [6.45, 7) is 5.01. The summed E-state index contributed by atoms with van der Waals surface area (Å²) in [4.78, 5) is 24.8. The van der Waals surface area contributed by atoms with Crippen LogP contribution in [0.3, 0.4) is 0 Å². The van der Waals surface area contributed by atoms with Crippen LogP contribution in [0, 0.1) is 0 Å². The highest BCUT2D eigenvalue weighted by Gasteiger charge is 2.23. The Morgan fingerprint density at radius 2 is 1.88 bits per heavy atom. The van der Waals surface area contributed by atoms with Gasteiger partial charge in [0.15, 0.2) is 0 Å². The van der Waals surface area contributed by atoms with Crippen LogP contribution >= 0.6 is 0 Å². The van der Waals surface area contributed by atoms with Crippen molar-refractivity contribution in [2.45, 2.75) is 32.7 Å². The highest BCUT2D eigenvalue weighted by atomic mass is 16.2. The van der Waals surface area contributed by atoms with Crippen LogP contribution in [-0.4, -0.2) is 49.9 Å². The van der Waals surface area contributed by atoms with Gasteiger partial charge in [-0.25, -0.2) is 0 Å². The number of carbonyl (C=O) groups is 2. The fourth-order valence-electron chi connectivity index (χ4n) is 1.49. The Kier molecular flexibility index (Phi) is 7.54. The van der Waals surface area contributed by atoms with Crippen LogP contribution in [0.2, 0.25) is 0 Å². The van der Waals surface area contributed by atoms with E-state index in [4.69, 9.17) is 0 Å². The van der Waals surface area contributed by atoms with E-state index in [0.29, 0.717) is 19.4 Å². The molecule has 0 spiro atoms. The monoisotopic (exact) mass is 229 g/mol. The van der Waals surface area contributed by atoms with Crippen LogP contribution in [0.25, 0.3) is 0 Å². The topological polar surface area (TPSA) is 61.4 Å². The Bertz CT molecular complexity index is 231. The smallest absolute Gasteiger partial charge is 0.242 e. The van der Waals surface area contributed by atoms with Gasteiger partial charge in [0.25, 0.3) is 0 Å². The average Bonchev–Trinajstić information content (AvgIpc) is 2.29. The Labute approximate surface area is 97.6 Å². The van der Waals surface area contributed by atoms with Gasteiger partial charge in [0.2, 0.25) is 11.8 Å². The van der Waals surface area contributed by atoms with E-state index in [0.717, 1.165) is 6.54 Å². The molecule has 1 unspecified atom stereocenters. The zero-order valence-electron chi connectivity index (χ0n) is 10.7. The maximum atomic E-state index is 11.8. The summed E-state index contributed by atoms with van der Waals surface area (Å²) in [5.74, 6) is -0.0855. The molecule has 5 heteroatoms. The molecule has 0 aromatic rings. The minimum absolute atomic E-state index is 0.00406. The lowest BCUT2D eigenvalue weighted by atomic mass is 10.1. The van der Waals surface area contributed by atoms with Gasteiger partial charge < -0.3 is 15.5 Å². The first-order chi connectivity index (χ1) is 7.58. The summed E-state index contributed by atoms with van der Waals surface area (Å²) >= 11 is 0. The number of hydrogen-bond acceptors (Lipinski definition) is 3. The Hall–Kier alpha value is -1.10. The van der Waals surface area contributed by atoms with E-state index in [-0.39, 0.29) is 17.9 Å². The summed E-state index contributed by atoms with van der Waals surface area (Å²) in [6.07, 6.45) is 1.06. The number of hydrogen-bond donors (Lipinski definition) is 2. The second kappa shape index (κ2) is 8.10. The molecule has 0 bridgehead atoms. The molecule has 2 N–H and O–H groups in total. The van der Waals surface area contributed by atoms with E-state index in [1.165, 1.54) is 4.90 Å². The van der Waals surface area contributed by atoms with Crippen molar-refractivity contribution < 1.29 is 9.59 Å². The van der Waals surface area contributed by atoms with Crippen LogP contribution in [-0.2, 0) is 9.59 Å². The molecule has 0 rings (SSSR count). The predicted octanol–water partition coefficient (Wildman–Crippen LogP) is -0.0310. The van der Waals surface area contributed by atoms with Crippen molar-refractivity contribution in [3.63, 3.8) is 0 Å². The fourth-order valence-corrected chi connectivity index (χ4v) is 1.49. The van der Waals surface area contributed by atoms with Gasteiger partial charge in [-0.2, -0.15) is 0 Å². The summed E-state index contributed by atoms with van der Waals surface area (Å²) in [7, 11) is 3.51. The van der Waals surface area contributed by atoms with Crippen molar-refractivity contribution in [3.05, 3.63) is 0 Å². The van der Waals surface area contributed by atoms with E-state index < -0.39 is 0 Å². The summed E-state index contributed by atoms with van der Waals surface area (Å²) in [5, 5.41) is 5.75. The number of nitrogens with zero attached hydrogens (tertiary/aromatic N) is 1. The predicted molar refractivity (Wildman–Crippen MR) is 64.1 cm³/mol. The summed E-state index contributed by atoms with van der Waals surface area (Å²) in [5.41, 5.74) is 0. The van der Waals surface area contributed by atoms with Crippen molar-refractivity contribution in [3.8, 4) is 0 Å². The third kappa shape index (κ3) is 4.61. The normalized spacial score (nSPS) is 12.0. The van der Waals surface area contributed by atoms with E-state index in [1.54, 1.807) is 14.0 Å². The van der Waals surface area contributed by atoms with Crippen LogP contribution in [0.4, 0.5) is 0 Å². The van der Waals surface area contributed by atoms with E-state index in [2.05, 4.69) is 10.6 Å². The summed E-state index contributed by atoms with van der Waals surface area (Å²) in [6, 6.07) is -0.357. The molecule has 0 aliphatic rings. The number of rotatable bonds is 7. The molecule has 0 fully saturated rings. The Morgan fingerprint density at radius 3 is 2.31 bits per heavy atom. The van der Waals surface area contributed by atoms with Crippen LogP contribution in [0.1, 0.15) is 26.7 Å². The zero-order valence-corrected chi connectivity index (χ0v) is 10.7. The highest BCUT2D eigenvalue weighted by molar-refractivity contribution is 5.87. The van der Waals surface area contributed by atoms with Crippen LogP contribution in [0.15, 0.2) is 0 Å². The number of carbonyl (C=O) groups excluding carboxylic acids is 2. The zero-order chi connectivity index (χ0) is 12.6. The first-order valence-electron chi connectivity index (χ1n) is 5.76. The molecule has 0 aromatic heterocycles. The molecule has 5 nitrogen and oxygen atoms in total. The minimum atomic E-state index is -0.357. The first-order valence-corrected chi connectivity index (χ1v) is 5.76. The lowest BCUT2D eigenvalue weighted by Crippen LogP contribution is -2.48. The van der Waals surface area contributed by atoms with Gasteiger partial charge in [-0.15, -0.1) is 0 Å². The van der Waals surface area contributed by atoms with Crippen LogP contribution in [0.5, 0.6) is 0 Å². The van der Waals surface area contributed by atoms with Gasteiger partial charge in [0, 0.05) is 26.6 Å². The second-order valence-electron chi connectivity index (χ2n) is 3.68. The SMILES string of the molecule is CCC(=O)N(C)C(CC)C(=O)NCCNC. The maximum Gasteiger partial charge on any atom is 0.242 e. The standard InChI is InChI=1S/C11H23N3O2/c1-5-9(14(4)10(15)6-2)11(16)13-8-7-12-3/h9,12H,5-8H2,1-4H3,(H,13,16). The molecular formula is C11H23N3O2. The van der Waals surface area contributed by atoms with Crippen molar-refractivity contribution >= 4 is 11.8 Å². The van der Waals surface area contributed by atoms with Gasteiger partial charge >= 0.3 is 0 Å². The van der Waals surface area contributed by atoms with Gasteiger partial charge in [0.05, 0.1) is 0 Å². The van der Waals surface area contributed by atoms with E-state index >= 15 is 0 Å². The molecule has 0 aliphatic carbocycles. The Morgan fingerprint density at radius 1 is 1.25 bits per heavy atom. The molecule has 0 aromatic carbocycles. The number of amides is 2. The largest absolute Gasteiger partial charge is 0.353 e. The van der Waals surface area contributed by atoms with Crippen LogP contribution < -0.4 is 10.6 Å². The number of nitrogens with one attached hydrogen (secondary N) is 2. The van der Waals surface area contributed by atoms with E-state index in [1.807, 2.05) is 14.0 Å². The molecule has 0 saturated carbocycles. The molecule has 0 heterocycles. The van der Waals surface area contributed by atoms with Crippen molar-refractivity contribution in [1.82, 2.24) is 15.5 Å². The molecule has 16 heavy (non-hydrogen) atoms. The minimum Gasteiger partial charge on any atom is -0.353 e. The highest BCUT2D eigenvalue weighted by Crippen LogP contribution is 2.03. The van der Waals surface area contributed by atoms with Crippen molar-refractivity contribution in [2.75, 3.05) is 27.2 Å². The molecule has 0 radical (unpaired) electrons. The second-order valence-corrected chi connectivity index (χ2v) is 3.68. The van der Waals surface area contributed by atoms with Crippen molar-refractivity contribution in [2.24, 2.45) is 0 Å². The molecule has 94 valence electrons. The lowest BCUT2D eigenvalue weighted by Gasteiger charge is -2.26. The van der Waals surface area contributed by atoms with Gasteiger partial charge in [-0.05, 0) is 13.5 Å². The van der Waals surface area contributed by atoms with Gasteiger partial charge in [-0.1, -0.05) is 13.8 Å².